The molecule has 1 aromatic carbocycles. The molecule has 112 valence electrons. The van der Waals surface area contributed by atoms with Gasteiger partial charge in [0, 0.05) is 26.2 Å². The number of likely N-dealkylation sites (N-methyl/N-ethyl adjacent to an activating group) is 1. The van der Waals surface area contributed by atoms with Gasteiger partial charge in [-0.1, -0.05) is 49.1 Å². The van der Waals surface area contributed by atoms with E-state index in [4.69, 9.17) is 4.74 Å². The first-order chi connectivity index (χ1) is 9.49. The third kappa shape index (κ3) is 4.41. The highest BCUT2D eigenvalue weighted by Crippen LogP contribution is 2.11. The van der Waals surface area contributed by atoms with Crippen LogP contribution in [0.3, 0.4) is 0 Å². The van der Waals surface area contributed by atoms with E-state index < -0.39 is 8.07 Å². The fourth-order valence-corrected chi connectivity index (χ4v) is 3.81. The summed E-state index contributed by atoms with van der Waals surface area (Å²) in [6.07, 6.45) is 0.329. The van der Waals surface area contributed by atoms with E-state index in [1.807, 2.05) is 7.05 Å². The van der Waals surface area contributed by atoms with Crippen LogP contribution in [-0.4, -0.2) is 52.4 Å². The molecule has 0 aliphatic carbocycles. The monoisotopic (exact) mass is 292 g/mol. The molecule has 1 unspecified atom stereocenters. The van der Waals surface area contributed by atoms with E-state index in [2.05, 4.69) is 54.1 Å². The lowest BCUT2D eigenvalue weighted by atomic mass is 10.2. The summed E-state index contributed by atoms with van der Waals surface area (Å²) in [5.74, 6) is 0. The first-order valence-corrected chi connectivity index (χ1v) is 11.1. The van der Waals surface area contributed by atoms with Crippen LogP contribution < -0.4 is 10.5 Å². The van der Waals surface area contributed by atoms with Crippen molar-refractivity contribution in [2.45, 2.75) is 32.3 Å². The van der Waals surface area contributed by atoms with Gasteiger partial charge in [-0.25, -0.2) is 0 Å². The second kappa shape index (κ2) is 6.85. The van der Waals surface area contributed by atoms with Crippen LogP contribution in [0, 0.1) is 0 Å². The summed E-state index contributed by atoms with van der Waals surface area (Å²) in [7, 11) is 0.811. The molecule has 4 heteroatoms. The quantitative estimate of drug-likeness (QED) is 0.835. The molecule has 3 nitrogen and oxygen atoms in total. The maximum absolute atomic E-state index is 5.75. The van der Waals surface area contributed by atoms with E-state index >= 15 is 0 Å². The minimum absolute atomic E-state index is 0.329. The molecule has 0 radical (unpaired) electrons. The van der Waals surface area contributed by atoms with Gasteiger partial charge in [-0.3, -0.25) is 4.90 Å². The first kappa shape index (κ1) is 15.7. The summed E-state index contributed by atoms with van der Waals surface area (Å²) in [5, 5.41) is 4.74. The van der Waals surface area contributed by atoms with E-state index in [-0.39, 0.29) is 0 Å². The van der Waals surface area contributed by atoms with Gasteiger partial charge in [-0.2, -0.15) is 0 Å². The second-order valence-corrected chi connectivity index (χ2v) is 11.8. The van der Waals surface area contributed by atoms with Gasteiger partial charge in [-0.15, -0.1) is 0 Å². The number of morpholine rings is 1. The topological polar surface area (TPSA) is 24.5 Å². The second-order valence-electron chi connectivity index (χ2n) is 6.73. The minimum Gasteiger partial charge on any atom is -0.374 e. The Morgan fingerprint density at radius 2 is 1.95 bits per heavy atom. The molecular weight excluding hydrogens is 264 g/mol. The Morgan fingerprint density at radius 3 is 2.55 bits per heavy atom. The predicted molar refractivity (Wildman–Crippen MR) is 88.4 cm³/mol. The summed E-state index contributed by atoms with van der Waals surface area (Å²) >= 11 is 0. The maximum atomic E-state index is 5.75. The average Bonchev–Trinajstić information content (AvgIpc) is 2.39. The predicted octanol–water partition coefficient (Wildman–Crippen LogP) is 1.65. The van der Waals surface area contributed by atoms with Gasteiger partial charge in [-0.05, 0) is 12.6 Å². The Kier molecular flexibility index (Phi) is 5.38. The van der Waals surface area contributed by atoms with Gasteiger partial charge in [0.1, 0.15) is 0 Å². The fourth-order valence-electron chi connectivity index (χ4n) is 2.64. The van der Waals surface area contributed by atoms with Crippen LogP contribution in [0.25, 0.3) is 0 Å². The summed E-state index contributed by atoms with van der Waals surface area (Å²) in [6.45, 7) is 12.1. The molecule has 0 aromatic heterocycles. The molecule has 1 N–H and O–H groups in total. The zero-order chi connectivity index (χ0) is 14.6. The van der Waals surface area contributed by atoms with Crippen LogP contribution in [0.4, 0.5) is 0 Å². The summed E-state index contributed by atoms with van der Waals surface area (Å²) < 4.78 is 5.75. The van der Waals surface area contributed by atoms with Gasteiger partial charge >= 0.3 is 0 Å². The minimum atomic E-state index is -1.17. The molecule has 2 rings (SSSR count). The highest BCUT2D eigenvalue weighted by molar-refractivity contribution is 6.88. The normalized spacial score (nSPS) is 21.1. The van der Waals surface area contributed by atoms with Crippen molar-refractivity contribution in [1.82, 2.24) is 10.2 Å². The zero-order valence-corrected chi connectivity index (χ0v) is 14.3. The molecule has 1 atom stereocenters. The number of ether oxygens (including phenoxy) is 1. The summed E-state index contributed by atoms with van der Waals surface area (Å²) in [4.78, 5) is 2.50. The Hall–Kier alpha value is -0.683. The summed E-state index contributed by atoms with van der Waals surface area (Å²) in [5.41, 5.74) is 1.41. The molecule has 0 saturated carbocycles. The molecule has 1 saturated heterocycles. The SMILES string of the molecule is CNCC1CN(Cc2ccc([Si](C)(C)C)cc2)CCO1. The van der Waals surface area contributed by atoms with Gasteiger partial charge in [0.2, 0.25) is 0 Å². The number of nitrogens with zero attached hydrogens (tertiary/aromatic N) is 1. The van der Waals surface area contributed by atoms with Crippen molar-refractivity contribution < 1.29 is 4.74 Å². The van der Waals surface area contributed by atoms with E-state index in [1.165, 1.54) is 10.8 Å². The van der Waals surface area contributed by atoms with E-state index in [0.717, 1.165) is 32.8 Å². The number of rotatable bonds is 5. The Bertz CT molecular complexity index is 411. The van der Waals surface area contributed by atoms with E-state index in [9.17, 15) is 0 Å². The number of hydrogen-bond donors (Lipinski definition) is 1. The van der Waals surface area contributed by atoms with Crippen molar-refractivity contribution in [1.29, 1.82) is 0 Å². The molecule has 1 aromatic rings. The molecule has 1 aliphatic rings. The summed E-state index contributed by atoms with van der Waals surface area (Å²) in [6, 6.07) is 9.26. The molecule has 1 aliphatic heterocycles. The molecule has 0 bridgehead atoms. The lowest BCUT2D eigenvalue weighted by molar-refractivity contribution is -0.0291. The van der Waals surface area contributed by atoms with Gasteiger partial charge in [0.05, 0.1) is 20.8 Å². The zero-order valence-electron chi connectivity index (χ0n) is 13.3. The Labute approximate surface area is 124 Å². The lowest BCUT2D eigenvalue weighted by Crippen LogP contribution is -2.45. The van der Waals surface area contributed by atoms with Crippen LogP contribution >= 0.6 is 0 Å². The Morgan fingerprint density at radius 1 is 1.25 bits per heavy atom. The van der Waals surface area contributed by atoms with Gasteiger partial charge in [0.25, 0.3) is 0 Å². The van der Waals surface area contributed by atoms with Gasteiger partial charge < -0.3 is 10.1 Å². The number of nitrogens with one attached hydrogen (secondary N) is 1. The average molecular weight is 292 g/mol. The molecular formula is C16H28N2OSi. The fraction of sp³-hybridized carbons (Fsp3) is 0.625. The molecule has 0 spiro atoms. The number of hydrogen-bond acceptors (Lipinski definition) is 3. The number of benzene rings is 1. The highest BCUT2D eigenvalue weighted by atomic mass is 28.3. The Balaban J connectivity index is 1.93. The van der Waals surface area contributed by atoms with Crippen LogP contribution in [0.5, 0.6) is 0 Å². The maximum Gasteiger partial charge on any atom is 0.0826 e. The van der Waals surface area contributed by atoms with Crippen molar-refractivity contribution >= 4 is 13.3 Å². The van der Waals surface area contributed by atoms with Crippen molar-refractivity contribution in [2.75, 3.05) is 33.3 Å². The molecule has 20 heavy (non-hydrogen) atoms. The third-order valence-corrected chi connectivity index (χ3v) is 5.95. The largest absolute Gasteiger partial charge is 0.374 e. The van der Waals surface area contributed by atoms with Gasteiger partial charge in [0.15, 0.2) is 0 Å². The highest BCUT2D eigenvalue weighted by Gasteiger charge is 2.20. The first-order valence-electron chi connectivity index (χ1n) is 7.57. The van der Waals surface area contributed by atoms with Crippen molar-refractivity contribution in [2.24, 2.45) is 0 Å². The van der Waals surface area contributed by atoms with E-state index in [1.54, 1.807) is 0 Å². The molecule has 1 fully saturated rings. The van der Waals surface area contributed by atoms with Crippen LogP contribution in [0.2, 0.25) is 19.6 Å². The third-order valence-electron chi connectivity index (χ3n) is 3.88. The smallest absolute Gasteiger partial charge is 0.0826 e. The van der Waals surface area contributed by atoms with Crippen LogP contribution in [0.15, 0.2) is 24.3 Å². The van der Waals surface area contributed by atoms with Crippen LogP contribution in [-0.2, 0) is 11.3 Å². The molecule has 0 amide bonds. The van der Waals surface area contributed by atoms with E-state index in [0.29, 0.717) is 6.10 Å². The van der Waals surface area contributed by atoms with Crippen molar-refractivity contribution in [3.63, 3.8) is 0 Å². The van der Waals surface area contributed by atoms with Crippen molar-refractivity contribution in [3.8, 4) is 0 Å². The lowest BCUT2D eigenvalue weighted by Gasteiger charge is -2.33. The molecule has 1 heterocycles. The van der Waals surface area contributed by atoms with Crippen LogP contribution in [0.1, 0.15) is 5.56 Å². The van der Waals surface area contributed by atoms with Crippen molar-refractivity contribution in [3.05, 3.63) is 29.8 Å². The standard InChI is InChI=1S/C16H28N2OSi/c1-17-11-15-13-18(9-10-19-15)12-14-5-7-16(8-6-14)20(2,3)4/h5-8,15,17H,9-13H2,1-4H3.